The molecule has 1 amide bonds. The van der Waals surface area contributed by atoms with Crippen LogP contribution >= 0.6 is 0 Å². The molecule has 0 saturated carbocycles. The van der Waals surface area contributed by atoms with Crippen molar-refractivity contribution < 1.29 is 28.5 Å². The van der Waals surface area contributed by atoms with E-state index in [1.807, 2.05) is 91.0 Å². The summed E-state index contributed by atoms with van der Waals surface area (Å²) in [5, 5.41) is 2.86. The van der Waals surface area contributed by atoms with E-state index in [0.717, 1.165) is 16.7 Å². The average molecular weight is 490 g/mol. The van der Waals surface area contributed by atoms with E-state index >= 15 is 0 Å². The zero-order valence-corrected chi connectivity index (χ0v) is 20.1. The highest BCUT2D eigenvalue weighted by Gasteiger charge is 2.53. The van der Waals surface area contributed by atoms with Crippen LogP contribution in [0.2, 0.25) is 0 Å². The fraction of sp³-hybridized carbons (Fsp3) is 0.345. The molecule has 5 rings (SSSR count). The van der Waals surface area contributed by atoms with Crippen LogP contribution in [0.3, 0.4) is 0 Å². The number of alkyl carbamates (subject to hydrolysis) is 1. The quantitative estimate of drug-likeness (QED) is 0.449. The molecule has 2 aliphatic rings. The van der Waals surface area contributed by atoms with Gasteiger partial charge in [0, 0.05) is 6.42 Å². The number of carbonyl (C=O) groups is 1. The number of amides is 1. The minimum atomic E-state index is -0.980. The second-order valence-corrected chi connectivity index (χ2v) is 9.15. The SMILES string of the molecule is O=C1N[C@]2(CO1)C[C@@H](OCc1ccccc1)[C@H](OCc1ccccc1)[C@@H](COCc1ccccc1)O2. The van der Waals surface area contributed by atoms with Crippen molar-refractivity contribution in [2.45, 2.75) is 50.3 Å². The molecule has 2 fully saturated rings. The third-order valence-corrected chi connectivity index (χ3v) is 6.39. The van der Waals surface area contributed by atoms with Crippen LogP contribution in [0.1, 0.15) is 23.1 Å². The summed E-state index contributed by atoms with van der Waals surface area (Å²) in [6, 6.07) is 30.0. The Kier molecular flexibility index (Phi) is 7.93. The maximum Gasteiger partial charge on any atom is 0.409 e. The summed E-state index contributed by atoms with van der Waals surface area (Å²) in [6.45, 7) is 1.65. The van der Waals surface area contributed by atoms with Crippen LogP contribution in [0.25, 0.3) is 0 Å². The molecule has 1 N–H and O–H groups in total. The fourth-order valence-electron chi connectivity index (χ4n) is 4.61. The molecule has 3 aromatic carbocycles. The van der Waals surface area contributed by atoms with Crippen molar-refractivity contribution in [3.63, 3.8) is 0 Å². The summed E-state index contributed by atoms with van der Waals surface area (Å²) in [6.07, 6.45) is -1.33. The number of cyclic esters (lactones) is 1. The largest absolute Gasteiger partial charge is 0.444 e. The summed E-state index contributed by atoms with van der Waals surface area (Å²) < 4.78 is 30.6. The summed E-state index contributed by atoms with van der Waals surface area (Å²) in [7, 11) is 0. The van der Waals surface area contributed by atoms with Crippen LogP contribution in [0.4, 0.5) is 4.79 Å². The van der Waals surface area contributed by atoms with Crippen LogP contribution in [-0.2, 0) is 43.5 Å². The Bertz CT molecular complexity index is 1100. The monoisotopic (exact) mass is 489 g/mol. The highest BCUT2D eigenvalue weighted by atomic mass is 16.6. The lowest BCUT2D eigenvalue weighted by atomic mass is 9.93. The van der Waals surface area contributed by atoms with Gasteiger partial charge in [-0.1, -0.05) is 91.0 Å². The van der Waals surface area contributed by atoms with Gasteiger partial charge in [0.25, 0.3) is 0 Å². The number of benzene rings is 3. The Morgan fingerprint density at radius 2 is 1.33 bits per heavy atom. The van der Waals surface area contributed by atoms with Crippen molar-refractivity contribution in [1.29, 1.82) is 0 Å². The normalized spacial score (nSPS) is 25.4. The van der Waals surface area contributed by atoms with E-state index in [1.54, 1.807) is 0 Å². The molecule has 3 aromatic rings. The zero-order chi connectivity index (χ0) is 24.6. The van der Waals surface area contributed by atoms with Gasteiger partial charge in [0.15, 0.2) is 5.72 Å². The number of nitrogens with one attached hydrogen (secondary N) is 1. The van der Waals surface area contributed by atoms with Crippen LogP contribution in [0.15, 0.2) is 91.0 Å². The van der Waals surface area contributed by atoms with Crippen molar-refractivity contribution in [1.82, 2.24) is 5.32 Å². The van der Waals surface area contributed by atoms with Gasteiger partial charge in [-0.05, 0) is 16.7 Å². The van der Waals surface area contributed by atoms with E-state index in [4.69, 9.17) is 23.7 Å². The smallest absolute Gasteiger partial charge is 0.409 e. The van der Waals surface area contributed by atoms with Crippen molar-refractivity contribution in [3.05, 3.63) is 108 Å². The van der Waals surface area contributed by atoms with Gasteiger partial charge in [-0.3, -0.25) is 5.32 Å². The molecule has 4 atom stereocenters. The first-order chi connectivity index (χ1) is 17.7. The van der Waals surface area contributed by atoms with Crippen LogP contribution < -0.4 is 5.32 Å². The van der Waals surface area contributed by atoms with E-state index in [0.29, 0.717) is 26.2 Å². The Hall–Kier alpha value is -3.23. The van der Waals surface area contributed by atoms with Gasteiger partial charge in [0.2, 0.25) is 0 Å². The Morgan fingerprint density at radius 3 is 1.89 bits per heavy atom. The molecule has 36 heavy (non-hydrogen) atoms. The lowest BCUT2D eigenvalue weighted by molar-refractivity contribution is -0.257. The lowest BCUT2D eigenvalue weighted by Crippen LogP contribution is -2.62. The van der Waals surface area contributed by atoms with Crippen molar-refractivity contribution in [3.8, 4) is 0 Å². The van der Waals surface area contributed by atoms with Crippen LogP contribution in [-0.4, -0.2) is 43.3 Å². The standard InChI is InChI=1S/C29H31NO6/c31-28-30-29(21-35-28)16-25(33-18-23-12-6-2-7-13-23)27(34-19-24-14-8-3-9-15-24)26(36-29)20-32-17-22-10-4-1-5-11-22/h1-15,25-27H,16-21H2,(H,30,31)/t25-,26-,27+,29-/m1/s1. The molecule has 0 bridgehead atoms. The van der Waals surface area contributed by atoms with Gasteiger partial charge in [0.1, 0.15) is 18.8 Å². The van der Waals surface area contributed by atoms with Gasteiger partial charge in [-0.2, -0.15) is 0 Å². The Morgan fingerprint density at radius 1 is 0.778 bits per heavy atom. The van der Waals surface area contributed by atoms with E-state index in [-0.39, 0.29) is 19.3 Å². The van der Waals surface area contributed by atoms with E-state index in [9.17, 15) is 4.79 Å². The van der Waals surface area contributed by atoms with Crippen molar-refractivity contribution in [2.24, 2.45) is 0 Å². The average Bonchev–Trinajstić information content (AvgIpc) is 3.27. The van der Waals surface area contributed by atoms with Crippen molar-refractivity contribution in [2.75, 3.05) is 13.2 Å². The topological polar surface area (TPSA) is 75.3 Å². The van der Waals surface area contributed by atoms with Crippen LogP contribution in [0, 0.1) is 0 Å². The molecular formula is C29H31NO6. The number of ether oxygens (including phenoxy) is 5. The second kappa shape index (κ2) is 11.7. The Labute approximate surface area is 211 Å². The van der Waals surface area contributed by atoms with Crippen LogP contribution in [0.5, 0.6) is 0 Å². The molecule has 2 saturated heterocycles. The first kappa shape index (κ1) is 24.5. The number of hydrogen-bond donors (Lipinski definition) is 1. The fourth-order valence-corrected chi connectivity index (χ4v) is 4.61. The maximum absolute atomic E-state index is 12.0. The van der Waals surface area contributed by atoms with Gasteiger partial charge in [0.05, 0.1) is 32.5 Å². The molecular weight excluding hydrogens is 458 g/mol. The predicted molar refractivity (Wildman–Crippen MR) is 133 cm³/mol. The third kappa shape index (κ3) is 6.30. The summed E-state index contributed by atoms with van der Waals surface area (Å²) >= 11 is 0. The molecule has 2 heterocycles. The number of rotatable bonds is 10. The van der Waals surface area contributed by atoms with E-state index in [1.165, 1.54) is 0 Å². The minimum Gasteiger partial charge on any atom is -0.444 e. The molecule has 188 valence electrons. The molecule has 0 unspecified atom stereocenters. The van der Waals surface area contributed by atoms with Crippen molar-refractivity contribution >= 4 is 6.09 Å². The molecule has 2 aliphatic heterocycles. The Balaban J connectivity index is 1.34. The summed E-state index contributed by atoms with van der Waals surface area (Å²) in [5.74, 6) is 0. The second-order valence-electron chi connectivity index (χ2n) is 9.15. The van der Waals surface area contributed by atoms with E-state index in [2.05, 4.69) is 5.32 Å². The first-order valence-electron chi connectivity index (χ1n) is 12.2. The molecule has 0 aromatic heterocycles. The first-order valence-corrected chi connectivity index (χ1v) is 12.2. The highest BCUT2D eigenvalue weighted by molar-refractivity contribution is 5.70. The summed E-state index contributed by atoms with van der Waals surface area (Å²) in [5.41, 5.74) is 2.20. The van der Waals surface area contributed by atoms with Gasteiger partial charge in [-0.15, -0.1) is 0 Å². The third-order valence-electron chi connectivity index (χ3n) is 6.39. The maximum atomic E-state index is 12.0. The molecule has 0 radical (unpaired) electrons. The predicted octanol–water partition coefficient (Wildman–Crippen LogP) is 4.60. The van der Waals surface area contributed by atoms with Gasteiger partial charge in [-0.25, -0.2) is 4.79 Å². The summed E-state index contributed by atoms with van der Waals surface area (Å²) in [4.78, 5) is 12.0. The minimum absolute atomic E-state index is 0.109. The van der Waals surface area contributed by atoms with Gasteiger partial charge < -0.3 is 23.7 Å². The molecule has 7 heteroatoms. The van der Waals surface area contributed by atoms with E-state index < -0.39 is 24.0 Å². The van der Waals surface area contributed by atoms with Gasteiger partial charge >= 0.3 is 6.09 Å². The number of hydrogen-bond acceptors (Lipinski definition) is 6. The molecule has 7 nitrogen and oxygen atoms in total. The lowest BCUT2D eigenvalue weighted by Gasteiger charge is -2.45. The molecule has 0 aliphatic carbocycles. The zero-order valence-electron chi connectivity index (χ0n) is 20.1. The molecule has 1 spiro atoms. The highest BCUT2D eigenvalue weighted by Crippen LogP contribution is 2.35. The number of carbonyl (C=O) groups excluding carboxylic acids is 1.